The minimum atomic E-state index is 0.143. The summed E-state index contributed by atoms with van der Waals surface area (Å²) >= 11 is 0. The molecule has 0 radical (unpaired) electrons. The average molecular weight is 334 g/mol. The number of fused-ring (bicyclic) bond motifs is 1. The molecule has 25 heavy (non-hydrogen) atoms. The molecule has 0 aliphatic carbocycles. The molecule has 0 unspecified atom stereocenters. The molecule has 2 heterocycles. The molecule has 126 valence electrons. The highest BCUT2D eigenvalue weighted by Gasteiger charge is 2.14. The standard InChI is InChI=1S/C19H18N4O2/c1-13-21-22-19(25-13)14-6-4-7-15(12-14)23-17-9-3-2-8-16(17)20-18(23)10-5-11-24/h2-4,6-9,12,24H,5,10-11H2,1H3. The second kappa shape index (κ2) is 6.49. The Labute approximate surface area is 144 Å². The lowest BCUT2D eigenvalue weighted by Gasteiger charge is -2.10. The third-order valence-electron chi connectivity index (χ3n) is 4.07. The molecule has 0 saturated carbocycles. The van der Waals surface area contributed by atoms with Crippen molar-refractivity contribution in [2.45, 2.75) is 19.8 Å². The second-order valence-electron chi connectivity index (χ2n) is 5.86. The first kappa shape index (κ1) is 15.5. The molecule has 0 spiro atoms. The van der Waals surface area contributed by atoms with Gasteiger partial charge in [-0.1, -0.05) is 18.2 Å². The number of hydrogen-bond donors (Lipinski definition) is 1. The van der Waals surface area contributed by atoms with Crippen molar-refractivity contribution in [2.24, 2.45) is 0 Å². The Bertz CT molecular complexity index is 1020. The van der Waals surface area contributed by atoms with Gasteiger partial charge in [-0.2, -0.15) is 0 Å². The normalized spacial score (nSPS) is 11.3. The van der Waals surface area contributed by atoms with Crippen LogP contribution in [0.15, 0.2) is 52.9 Å². The second-order valence-corrected chi connectivity index (χ2v) is 5.86. The first-order chi connectivity index (χ1) is 12.3. The van der Waals surface area contributed by atoms with Gasteiger partial charge in [0.05, 0.1) is 11.0 Å². The Hall–Kier alpha value is -2.99. The third-order valence-corrected chi connectivity index (χ3v) is 4.07. The summed E-state index contributed by atoms with van der Waals surface area (Å²) in [6, 6.07) is 16.0. The topological polar surface area (TPSA) is 77.0 Å². The molecular formula is C19H18N4O2. The molecule has 0 aliphatic heterocycles. The molecular weight excluding hydrogens is 316 g/mol. The number of nitrogens with zero attached hydrogens (tertiary/aromatic N) is 4. The molecule has 0 aliphatic rings. The first-order valence-electron chi connectivity index (χ1n) is 8.24. The van der Waals surface area contributed by atoms with Crippen LogP contribution in [0.5, 0.6) is 0 Å². The zero-order valence-corrected chi connectivity index (χ0v) is 13.9. The molecule has 2 aromatic heterocycles. The number of aliphatic hydroxyl groups is 1. The van der Waals surface area contributed by atoms with Crippen molar-refractivity contribution >= 4 is 11.0 Å². The molecule has 0 amide bonds. The summed E-state index contributed by atoms with van der Waals surface area (Å²) in [7, 11) is 0. The van der Waals surface area contributed by atoms with Gasteiger partial charge in [-0.25, -0.2) is 4.98 Å². The van der Waals surface area contributed by atoms with E-state index in [4.69, 9.17) is 9.40 Å². The Morgan fingerprint density at radius 3 is 2.76 bits per heavy atom. The largest absolute Gasteiger partial charge is 0.421 e. The van der Waals surface area contributed by atoms with Crippen LogP contribution in [0.1, 0.15) is 18.1 Å². The molecule has 0 atom stereocenters. The van der Waals surface area contributed by atoms with Gasteiger partial charge < -0.3 is 9.52 Å². The maximum atomic E-state index is 9.19. The fourth-order valence-electron chi connectivity index (χ4n) is 2.96. The quantitative estimate of drug-likeness (QED) is 0.606. The van der Waals surface area contributed by atoms with E-state index in [2.05, 4.69) is 14.8 Å². The molecule has 6 nitrogen and oxygen atoms in total. The van der Waals surface area contributed by atoms with Gasteiger partial charge in [-0.3, -0.25) is 4.57 Å². The van der Waals surface area contributed by atoms with Crippen molar-refractivity contribution in [1.82, 2.24) is 19.7 Å². The van der Waals surface area contributed by atoms with Gasteiger partial charge in [0.15, 0.2) is 0 Å². The van der Waals surface area contributed by atoms with Crippen molar-refractivity contribution in [1.29, 1.82) is 0 Å². The van der Waals surface area contributed by atoms with Crippen LogP contribution in [0.3, 0.4) is 0 Å². The molecule has 6 heteroatoms. The van der Waals surface area contributed by atoms with Crippen LogP contribution in [-0.4, -0.2) is 31.5 Å². The number of aromatic nitrogens is 4. The van der Waals surface area contributed by atoms with Crippen LogP contribution in [-0.2, 0) is 6.42 Å². The molecule has 0 saturated heterocycles. The lowest BCUT2D eigenvalue weighted by atomic mass is 10.2. The fraction of sp³-hybridized carbons (Fsp3) is 0.211. The predicted molar refractivity (Wildman–Crippen MR) is 94.5 cm³/mol. The van der Waals surface area contributed by atoms with Crippen LogP contribution in [0.25, 0.3) is 28.2 Å². The van der Waals surface area contributed by atoms with E-state index in [1.807, 2.05) is 48.5 Å². The number of aliphatic hydroxyl groups excluding tert-OH is 1. The van der Waals surface area contributed by atoms with Crippen molar-refractivity contribution < 1.29 is 9.52 Å². The first-order valence-corrected chi connectivity index (χ1v) is 8.24. The highest BCUT2D eigenvalue weighted by atomic mass is 16.4. The molecule has 4 aromatic rings. The minimum absolute atomic E-state index is 0.143. The summed E-state index contributed by atoms with van der Waals surface area (Å²) in [5.74, 6) is 1.96. The monoisotopic (exact) mass is 334 g/mol. The third kappa shape index (κ3) is 2.92. The average Bonchev–Trinajstić information content (AvgIpc) is 3.23. The fourth-order valence-corrected chi connectivity index (χ4v) is 2.96. The SMILES string of the molecule is Cc1nnc(-c2cccc(-n3c(CCCO)nc4ccccc43)c2)o1. The Kier molecular flexibility index (Phi) is 4.03. The van der Waals surface area contributed by atoms with Crippen molar-refractivity contribution in [3.05, 3.63) is 60.2 Å². The summed E-state index contributed by atoms with van der Waals surface area (Å²) in [5.41, 5.74) is 3.82. The van der Waals surface area contributed by atoms with E-state index in [0.29, 0.717) is 24.6 Å². The van der Waals surface area contributed by atoms with Crippen LogP contribution in [0, 0.1) is 6.92 Å². The zero-order chi connectivity index (χ0) is 17.2. The highest BCUT2D eigenvalue weighted by molar-refractivity contribution is 5.78. The van der Waals surface area contributed by atoms with Crippen molar-refractivity contribution in [2.75, 3.05) is 6.61 Å². The Balaban J connectivity index is 1.86. The van der Waals surface area contributed by atoms with E-state index in [-0.39, 0.29) is 6.61 Å². The maximum absolute atomic E-state index is 9.19. The number of aryl methyl sites for hydroxylation is 2. The summed E-state index contributed by atoms with van der Waals surface area (Å²) in [5, 5.41) is 17.2. The summed E-state index contributed by atoms with van der Waals surface area (Å²) in [6.45, 7) is 1.92. The number of para-hydroxylation sites is 2. The molecule has 1 N–H and O–H groups in total. The van der Waals surface area contributed by atoms with Crippen LogP contribution in [0.2, 0.25) is 0 Å². The highest BCUT2D eigenvalue weighted by Crippen LogP contribution is 2.26. The molecule has 0 bridgehead atoms. The lowest BCUT2D eigenvalue weighted by Crippen LogP contribution is -2.03. The number of benzene rings is 2. The van der Waals surface area contributed by atoms with E-state index in [1.165, 1.54) is 0 Å². The number of hydrogen-bond acceptors (Lipinski definition) is 5. The van der Waals surface area contributed by atoms with Crippen LogP contribution >= 0.6 is 0 Å². The number of imidazole rings is 1. The van der Waals surface area contributed by atoms with Crippen LogP contribution in [0.4, 0.5) is 0 Å². The van der Waals surface area contributed by atoms with Gasteiger partial charge in [-0.15, -0.1) is 10.2 Å². The summed E-state index contributed by atoms with van der Waals surface area (Å²) in [4.78, 5) is 4.73. The molecule has 0 fully saturated rings. The maximum Gasteiger partial charge on any atom is 0.247 e. The number of rotatable bonds is 5. The van der Waals surface area contributed by atoms with E-state index in [1.54, 1.807) is 6.92 Å². The van der Waals surface area contributed by atoms with Gasteiger partial charge in [0.2, 0.25) is 11.8 Å². The van der Waals surface area contributed by atoms with Gasteiger partial charge >= 0.3 is 0 Å². The van der Waals surface area contributed by atoms with E-state index >= 15 is 0 Å². The lowest BCUT2D eigenvalue weighted by molar-refractivity contribution is 0.287. The smallest absolute Gasteiger partial charge is 0.247 e. The van der Waals surface area contributed by atoms with Gasteiger partial charge in [0, 0.05) is 31.2 Å². The van der Waals surface area contributed by atoms with Crippen molar-refractivity contribution in [3.8, 4) is 17.1 Å². The van der Waals surface area contributed by atoms with Gasteiger partial charge in [0.25, 0.3) is 0 Å². The van der Waals surface area contributed by atoms with Gasteiger partial charge in [-0.05, 0) is 36.8 Å². The Morgan fingerprint density at radius 2 is 1.96 bits per heavy atom. The Morgan fingerprint density at radius 1 is 1.08 bits per heavy atom. The van der Waals surface area contributed by atoms with E-state index in [0.717, 1.165) is 28.1 Å². The summed E-state index contributed by atoms with van der Waals surface area (Å²) < 4.78 is 7.67. The van der Waals surface area contributed by atoms with E-state index in [9.17, 15) is 5.11 Å². The van der Waals surface area contributed by atoms with E-state index < -0.39 is 0 Å². The zero-order valence-electron chi connectivity index (χ0n) is 13.9. The van der Waals surface area contributed by atoms with Gasteiger partial charge in [0.1, 0.15) is 5.82 Å². The van der Waals surface area contributed by atoms with Crippen molar-refractivity contribution in [3.63, 3.8) is 0 Å². The molecule has 2 aromatic carbocycles. The minimum Gasteiger partial charge on any atom is -0.421 e. The van der Waals surface area contributed by atoms with Crippen LogP contribution < -0.4 is 0 Å². The summed E-state index contributed by atoms with van der Waals surface area (Å²) in [6.07, 6.45) is 1.38. The predicted octanol–water partition coefficient (Wildman–Crippen LogP) is 3.31. The molecule has 4 rings (SSSR count).